The van der Waals surface area contributed by atoms with E-state index in [4.69, 9.17) is 9.47 Å². The molecule has 0 bridgehead atoms. The fourth-order valence-corrected chi connectivity index (χ4v) is 1.76. The second-order valence-electron chi connectivity index (χ2n) is 4.74. The maximum Gasteiger partial charge on any atom is 0.162 e. The number of aromatic nitrogens is 1. The van der Waals surface area contributed by atoms with Gasteiger partial charge >= 0.3 is 0 Å². The van der Waals surface area contributed by atoms with Crippen molar-refractivity contribution >= 4 is 0 Å². The molecule has 0 spiro atoms. The first-order valence-corrected chi connectivity index (χ1v) is 6.07. The Bertz CT molecular complexity index is 331. The highest BCUT2D eigenvalue weighted by molar-refractivity contribution is 5.03. The number of hydrogen-bond donors (Lipinski definition) is 1. The largest absolute Gasteiger partial charge is 0.349 e. The van der Waals surface area contributed by atoms with Crippen LogP contribution in [0.2, 0.25) is 0 Å². The van der Waals surface area contributed by atoms with Crippen molar-refractivity contribution in [2.45, 2.75) is 32.1 Å². The van der Waals surface area contributed by atoms with Gasteiger partial charge in [0.25, 0.3) is 0 Å². The molecule has 1 fully saturated rings. The maximum atomic E-state index is 5.58. The third kappa shape index (κ3) is 4.07. The van der Waals surface area contributed by atoms with Crippen molar-refractivity contribution in [2.75, 3.05) is 19.8 Å². The van der Waals surface area contributed by atoms with Crippen molar-refractivity contribution in [2.24, 2.45) is 0 Å². The summed E-state index contributed by atoms with van der Waals surface area (Å²) in [5.41, 5.74) is 1.11. The van der Waals surface area contributed by atoms with Crippen LogP contribution in [-0.2, 0) is 15.9 Å². The van der Waals surface area contributed by atoms with Gasteiger partial charge in [0, 0.05) is 24.9 Å². The highest BCUT2D eigenvalue weighted by Crippen LogP contribution is 2.16. The van der Waals surface area contributed by atoms with Crippen LogP contribution >= 0.6 is 0 Å². The molecule has 0 aromatic carbocycles. The van der Waals surface area contributed by atoms with Crippen molar-refractivity contribution in [1.82, 2.24) is 10.3 Å². The van der Waals surface area contributed by atoms with Gasteiger partial charge in [0.05, 0.1) is 19.3 Å². The lowest BCUT2D eigenvalue weighted by Gasteiger charge is -2.35. The van der Waals surface area contributed by atoms with E-state index in [2.05, 4.69) is 10.3 Å². The number of rotatable bonds is 4. The molecule has 0 radical (unpaired) electrons. The quantitative estimate of drug-likeness (QED) is 0.857. The number of ether oxygens (including phenoxy) is 2. The molecule has 0 amide bonds. The number of nitrogens with zero attached hydrogens (tertiary/aromatic N) is 1. The SMILES string of the molecule is CC1(C)OCC(NCCc2ccccn2)CO1. The average Bonchev–Trinajstić information content (AvgIpc) is 2.33. The van der Waals surface area contributed by atoms with Crippen molar-refractivity contribution in [3.63, 3.8) is 0 Å². The summed E-state index contributed by atoms with van der Waals surface area (Å²) in [6.07, 6.45) is 2.76. The average molecular weight is 236 g/mol. The first-order chi connectivity index (χ1) is 8.16. The van der Waals surface area contributed by atoms with E-state index in [1.807, 2.05) is 38.2 Å². The maximum absolute atomic E-state index is 5.58. The van der Waals surface area contributed by atoms with Gasteiger partial charge in [0.1, 0.15) is 0 Å². The molecule has 0 atom stereocenters. The fourth-order valence-electron chi connectivity index (χ4n) is 1.76. The smallest absolute Gasteiger partial charge is 0.162 e. The zero-order valence-corrected chi connectivity index (χ0v) is 10.5. The number of hydrogen-bond acceptors (Lipinski definition) is 4. The Balaban J connectivity index is 1.67. The molecule has 0 unspecified atom stereocenters. The standard InChI is InChI=1S/C13H20N2O2/c1-13(2)16-9-12(10-17-13)15-8-6-11-5-3-4-7-14-11/h3-5,7,12,15H,6,8-10H2,1-2H3. The summed E-state index contributed by atoms with van der Waals surface area (Å²) in [5, 5.41) is 3.42. The minimum atomic E-state index is -0.431. The van der Waals surface area contributed by atoms with Gasteiger partial charge in [-0.1, -0.05) is 6.07 Å². The summed E-state index contributed by atoms with van der Waals surface area (Å²) in [6, 6.07) is 6.27. The minimum absolute atomic E-state index is 0.284. The van der Waals surface area contributed by atoms with Crippen LogP contribution in [-0.4, -0.2) is 36.6 Å². The second kappa shape index (κ2) is 5.58. The topological polar surface area (TPSA) is 43.4 Å². The van der Waals surface area contributed by atoms with Crippen molar-refractivity contribution < 1.29 is 9.47 Å². The molecule has 17 heavy (non-hydrogen) atoms. The Morgan fingerprint density at radius 2 is 2.12 bits per heavy atom. The predicted molar refractivity (Wildman–Crippen MR) is 65.7 cm³/mol. The Morgan fingerprint density at radius 1 is 1.35 bits per heavy atom. The lowest BCUT2D eigenvalue weighted by atomic mass is 10.2. The van der Waals surface area contributed by atoms with Crippen LogP contribution in [0.15, 0.2) is 24.4 Å². The molecular formula is C13H20N2O2. The Labute approximate surface area is 102 Å². The molecule has 1 N–H and O–H groups in total. The van der Waals surface area contributed by atoms with Gasteiger partial charge in [0.15, 0.2) is 5.79 Å². The molecule has 4 nitrogen and oxygen atoms in total. The molecule has 1 aliphatic rings. The first kappa shape index (κ1) is 12.5. The number of nitrogens with one attached hydrogen (secondary N) is 1. The Morgan fingerprint density at radius 3 is 2.76 bits per heavy atom. The Kier molecular flexibility index (Phi) is 4.10. The van der Waals surface area contributed by atoms with E-state index < -0.39 is 5.79 Å². The van der Waals surface area contributed by atoms with Crippen molar-refractivity contribution in [1.29, 1.82) is 0 Å². The predicted octanol–water partition coefficient (Wildman–Crippen LogP) is 1.37. The third-order valence-electron chi connectivity index (χ3n) is 2.80. The summed E-state index contributed by atoms with van der Waals surface area (Å²) in [4.78, 5) is 4.28. The summed E-state index contributed by atoms with van der Waals surface area (Å²) in [7, 11) is 0. The monoisotopic (exact) mass is 236 g/mol. The van der Waals surface area contributed by atoms with E-state index in [1.165, 1.54) is 0 Å². The van der Waals surface area contributed by atoms with Crippen LogP contribution in [0, 0.1) is 0 Å². The van der Waals surface area contributed by atoms with E-state index in [0.29, 0.717) is 13.2 Å². The van der Waals surface area contributed by atoms with E-state index >= 15 is 0 Å². The molecule has 1 saturated heterocycles. The van der Waals surface area contributed by atoms with Crippen LogP contribution < -0.4 is 5.32 Å². The van der Waals surface area contributed by atoms with Crippen molar-refractivity contribution in [3.8, 4) is 0 Å². The fraction of sp³-hybridized carbons (Fsp3) is 0.615. The Hall–Kier alpha value is -0.970. The summed E-state index contributed by atoms with van der Waals surface area (Å²) in [5.74, 6) is -0.431. The van der Waals surface area contributed by atoms with E-state index in [1.54, 1.807) is 0 Å². The lowest BCUT2D eigenvalue weighted by molar-refractivity contribution is -0.252. The second-order valence-corrected chi connectivity index (χ2v) is 4.74. The van der Waals surface area contributed by atoms with Crippen LogP contribution in [0.1, 0.15) is 19.5 Å². The summed E-state index contributed by atoms with van der Waals surface area (Å²) >= 11 is 0. The first-order valence-electron chi connectivity index (χ1n) is 6.07. The van der Waals surface area contributed by atoms with E-state index in [0.717, 1.165) is 18.7 Å². The molecule has 94 valence electrons. The van der Waals surface area contributed by atoms with Gasteiger partial charge in [-0.3, -0.25) is 4.98 Å². The summed E-state index contributed by atoms with van der Waals surface area (Å²) < 4.78 is 11.2. The van der Waals surface area contributed by atoms with Gasteiger partial charge in [-0.15, -0.1) is 0 Å². The molecule has 0 saturated carbocycles. The third-order valence-corrected chi connectivity index (χ3v) is 2.80. The molecule has 1 aromatic heterocycles. The van der Waals surface area contributed by atoms with Crippen LogP contribution in [0.25, 0.3) is 0 Å². The zero-order valence-electron chi connectivity index (χ0n) is 10.5. The van der Waals surface area contributed by atoms with Gasteiger partial charge in [-0.05, 0) is 26.0 Å². The highest BCUT2D eigenvalue weighted by atomic mass is 16.7. The zero-order chi connectivity index (χ0) is 12.1. The van der Waals surface area contributed by atoms with Gasteiger partial charge in [-0.2, -0.15) is 0 Å². The molecular weight excluding hydrogens is 216 g/mol. The molecule has 1 aromatic rings. The minimum Gasteiger partial charge on any atom is -0.349 e. The lowest BCUT2D eigenvalue weighted by Crippen LogP contribution is -2.48. The van der Waals surface area contributed by atoms with Gasteiger partial charge in [0.2, 0.25) is 0 Å². The van der Waals surface area contributed by atoms with Crippen LogP contribution in [0.5, 0.6) is 0 Å². The molecule has 2 rings (SSSR count). The highest BCUT2D eigenvalue weighted by Gasteiger charge is 2.27. The number of pyridine rings is 1. The molecule has 2 heterocycles. The molecule has 0 aliphatic carbocycles. The normalized spacial score (nSPS) is 20.4. The van der Waals surface area contributed by atoms with Crippen LogP contribution in [0.3, 0.4) is 0 Å². The summed E-state index contributed by atoms with van der Waals surface area (Å²) in [6.45, 7) is 6.19. The van der Waals surface area contributed by atoms with Crippen molar-refractivity contribution in [3.05, 3.63) is 30.1 Å². The van der Waals surface area contributed by atoms with Gasteiger partial charge < -0.3 is 14.8 Å². The van der Waals surface area contributed by atoms with E-state index in [9.17, 15) is 0 Å². The molecule has 4 heteroatoms. The molecule has 1 aliphatic heterocycles. The van der Waals surface area contributed by atoms with Crippen LogP contribution in [0.4, 0.5) is 0 Å². The van der Waals surface area contributed by atoms with Gasteiger partial charge in [-0.25, -0.2) is 0 Å². The van der Waals surface area contributed by atoms with E-state index in [-0.39, 0.29) is 6.04 Å².